The van der Waals surface area contributed by atoms with E-state index >= 15 is 8.78 Å². The highest BCUT2D eigenvalue weighted by Gasteiger charge is 2.50. The molecule has 6 nitrogen and oxygen atoms in total. The van der Waals surface area contributed by atoms with Crippen molar-refractivity contribution < 1.29 is 27.8 Å². The maximum Gasteiger partial charge on any atom is 0.249 e. The molecule has 1 amide bonds. The fraction of sp³-hybridized carbons (Fsp3) is 0.321. The Hall–Kier alpha value is -3.65. The smallest absolute Gasteiger partial charge is 0.249 e. The lowest BCUT2D eigenvalue weighted by Gasteiger charge is -2.35. The lowest BCUT2D eigenvalue weighted by Crippen LogP contribution is -2.48. The van der Waals surface area contributed by atoms with Crippen LogP contribution >= 0.6 is 0 Å². The predicted molar refractivity (Wildman–Crippen MR) is 130 cm³/mol. The number of hydrogen-bond acceptors (Lipinski definition) is 5. The average Bonchev–Trinajstić information content (AvgIpc) is 3.55. The molecule has 0 bridgehead atoms. The number of primary amides is 1. The number of nitrogens with one attached hydrogen (secondary N) is 1. The summed E-state index contributed by atoms with van der Waals surface area (Å²) >= 11 is 0. The van der Waals surface area contributed by atoms with Crippen molar-refractivity contribution in [2.45, 2.75) is 37.8 Å². The average molecular weight is 493 g/mol. The van der Waals surface area contributed by atoms with Gasteiger partial charge in [0.1, 0.15) is 24.8 Å². The van der Waals surface area contributed by atoms with Crippen LogP contribution in [0.1, 0.15) is 39.9 Å². The van der Waals surface area contributed by atoms with Crippen LogP contribution in [0.2, 0.25) is 0 Å². The summed E-state index contributed by atoms with van der Waals surface area (Å²) in [5, 5.41) is 3.54. The highest BCUT2D eigenvalue weighted by atomic mass is 19.1. The first kappa shape index (κ1) is 22.8. The van der Waals surface area contributed by atoms with Gasteiger partial charge in [0.2, 0.25) is 5.91 Å². The number of carbonyl (C=O) groups is 1. The molecule has 3 aliphatic heterocycles. The predicted octanol–water partition coefficient (Wildman–Crippen LogP) is 4.39. The standard InChI is InChI=1S/C28H26F2N2O4/c1-15-19(29)13-20-18(14-28(36-20,22-8-5-9-32-22)16-6-3-2-4-7-16)23(15)24-17(27(31)33)12-21-26(25(24)30)35-11-10-34-21/h2-4,6-7,12-13,22,32H,5,8-11,14H2,1H3,(H2,31,33)/t22-,28-/m0/s1. The van der Waals surface area contributed by atoms with Gasteiger partial charge in [-0.2, -0.15) is 0 Å². The Bertz CT molecular complexity index is 1370. The van der Waals surface area contributed by atoms with Crippen molar-refractivity contribution in [1.82, 2.24) is 5.32 Å². The molecular weight excluding hydrogens is 466 g/mol. The second kappa shape index (κ2) is 8.48. The molecule has 0 saturated carbocycles. The number of carbonyl (C=O) groups excluding carboxylic acids is 1. The first-order chi connectivity index (χ1) is 17.4. The molecule has 2 atom stereocenters. The monoisotopic (exact) mass is 492 g/mol. The Morgan fingerprint density at radius 1 is 1.08 bits per heavy atom. The third-order valence-electron chi connectivity index (χ3n) is 7.50. The minimum Gasteiger partial charge on any atom is -0.486 e. The Balaban J connectivity index is 1.60. The van der Waals surface area contributed by atoms with E-state index in [9.17, 15) is 4.79 Å². The normalized spacial score (nSPS) is 22.2. The first-order valence-electron chi connectivity index (χ1n) is 12.1. The second-order valence-electron chi connectivity index (χ2n) is 9.52. The topological polar surface area (TPSA) is 82.8 Å². The van der Waals surface area contributed by atoms with Crippen molar-refractivity contribution in [2.24, 2.45) is 5.73 Å². The lowest BCUT2D eigenvalue weighted by atomic mass is 9.79. The van der Waals surface area contributed by atoms with E-state index in [2.05, 4.69) is 5.32 Å². The van der Waals surface area contributed by atoms with Gasteiger partial charge in [-0.05, 0) is 49.1 Å². The van der Waals surface area contributed by atoms with E-state index in [1.54, 1.807) is 6.92 Å². The van der Waals surface area contributed by atoms with Crippen LogP contribution < -0.4 is 25.3 Å². The van der Waals surface area contributed by atoms with Gasteiger partial charge in [-0.1, -0.05) is 30.3 Å². The molecule has 3 N–H and O–H groups in total. The zero-order valence-corrected chi connectivity index (χ0v) is 19.8. The van der Waals surface area contributed by atoms with Crippen LogP contribution in [-0.2, 0) is 12.0 Å². The molecule has 3 aromatic rings. The molecule has 36 heavy (non-hydrogen) atoms. The quantitative estimate of drug-likeness (QED) is 0.565. The zero-order chi connectivity index (χ0) is 25.0. The molecular formula is C28H26F2N2O4. The molecule has 3 aliphatic rings. The maximum atomic E-state index is 16.1. The molecule has 0 unspecified atom stereocenters. The number of fused-ring (bicyclic) bond motifs is 2. The highest BCUT2D eigenvalue weighted by molar-refractivity contribution is 6.02. The number of benzene rings is 3. The van der Waals surface area contributed by atoms with Gasteiger partial charge in [0, 0.05) is 23.6 Å². The van der Waals surface area contributed by atoms with E-state index in [1.165, 1.54) is 12.1 Å². The molecule has 3 heterocycles. The van der Waals surface area contributed by atoms with Crippen LogP contribution in [0.5, 0.6) is 17.2 Å². The van der Waals surface area contributed by atoms with E-state index < -0.39 is 23.1 Å². The van der Waals surface area contributed by atoms with E-state index in [1.807, 2.05) is 30.3 Å². The summed E-state index contributed by atoms with van der Waals surface area (Å²) in [7, 11) is 0. The lowest BCUT2D eigenvalue weighted by molar-refractivity contribution is 0.0539. The third-order valence-corrected chi connectivity index (χ3v) is 7.50. The Morgan fingerprint density at radius 2 is 1.86 bits per heavy atom. The Labute approximate surface area is 207 Å². The summed E-state index contributed by atoms with van der Waals surface area (Å²) < 4.78 is 49.1. The molecule has 1 fully saturated rings. The number of ether oxygens (including phenoxy) is 3. The summed E-state index contributed by atoms with van der Waals surface area (Å²) in [6.07, 6.45) is 2.24. The summed E-state index contributed by atoms with van der Waals surface area (Å²) in [5.41, 5.74) is 6.75. The van der Waals surface area contributed by atoms with Crippen molar-refractivity contribution in [3.63, 3.8) is 0 Å². The van der Waals surface area contributed by atoms with Gasteiger partial charge in [-0.15, -0.1) is 0 Å². The molecule has 0 aromatic heterocycles. The zero-order valence-electron chi connectivity index (χ0n) is 19.8. The van der Waals surface area contributed by atoms with Crippen molar-refractivity contribution in [2.75, 3.05) is 19.8 Å². The Morgan fingerprint density at radius 3 is 2.58 bits per heavy atom. The van der Waals surface area contributed by atoms with Crippen molar-refractivity contribution in [3.05, 3.63) is 76.4 Å². The summed E-state index contributed by atoms with van der Waals surface area (Å²) in [5.74, 6) is -1.87. The number of hydrogen-bond donors (Lipinski definition) is 2. The molecule has 8 heteroatoms. The molecule has 0 aliphatic carbocycles. The third kappa shape index (κ3) is 3.35. The van der Waals surface area contributed by atoms with Gasteiger partial charge in [-0.3, -0.25) is 4.79 Å². The number of nitrogens with two attached hydrogens (primary N) is 1. The van der Waals surface area contributed by atoms with Crippen LogP contribution in [0.15, 0.2) is 42.5 Å². The van der Waals surface area contributed by atoms with Crippen molar-refractivity contribution >= 4 is 5.91 Å². The van der Waals surface area contributed by atoms with E-state index in [4.69, 9.17) is 19.9 Å². The SMILES string of the molecule is Cc1c(F)cc2c(c1-c1c(C(N)=O)cc3c(c1F)OCCO3)C[C@](c1ccccc1)([C@@H]1CCCN1)O2. The van der Waals surface area contributed by atoms with Gasteiger partial charge in [0.15, 0.2) is 22.9 Å². The number of amides is 1. The first-order valence-corrected chi connectivity index (χ1v) is 12.1. The summed E-state index contributed by atoms with van der Waals surface area (Å²) in [4.78, 5) is 12.5. The maximum absolute atomic E-state index is 16.1. The molecule has 0 spiro atoms. The molecule has 0 radical (unpaired) electrons. The number of rotatable bonds is 4. The van der Waals surface area contributed by atoms with Crippen LogP contribution in [0.4, 0.5) is 8.78 Å². The fourth-order valence-corrected chi connectivity index (χ4v) is 5.82. The van der Waals surface area contributed by atoms with Gasteiger partial charge < -0.3 is 25.3 Å². The molecule has 6 rings (SSSR count). The van der Waals surface area contributed by atoms with Crippen molar-refractivity contribution in [3.8, 4) is 28.4 Å². The van der Waals surface area contributed by atoms with E-state index in [0.717, 1.165) is 24.9 Å². The second-order valence-corrected chi connectivity index (χ2v) is 9.52. The minimum atomic E-state index is -0.844. The van der Waals surface area contributed by atoms with E-state index in [-0.39, 0.29) is 53.0 Å². The van der Waals surface area contributed by atoms with Crippen LogP contribution in [0.25, 0.3) is 11.1 Å². The van der Waals surface area contributed by atoms with Gasteiger partial charge in [-0.25, -0.2) is 8.78 Å². The van der Waals surface area contributed by atoms with Crippen LogP contribution in [-0.4, -0.2) is 31.7 Å². The molecule has 3 aromatic carbocycles. The van der Waals surface area contributed by atoms with Gasteiger partial charge in [0.05, 0.1) is 11.6 Å². The largest absolute Gasteiger partial charge is 0.486 e. The minimum absolute atomic E-state index is 0.0239. The van der Waals surface area contributed by atoms with Crippen LogP contribution in [0.3, 0.4) is 0 Å². The van der Waals surface area contributed by atoms with Crippen molar-refractivity contribution in [1.29, 1.82) is 0 Å². The summed E-state index contributed by atoms with van der Waals surface area (Å²) in [6, 6.07) is 12.5. The van der Waals surface area contributed by atoms with Gasteiger partial charge in [0.25, 0.3) is 0 Å². The number of halogens is 2. The Kier molecular flexibility index (Phi) is 5.37. The summed E-state index contributed by atoms with van der Waals surface area (Å²) in [6.45, 7) is 2.80. The fourth-order valence-electron chi connectivity index (χ4n) is 5.82. The van der Waals surface area contributed by atoms with E-state index in [0.29, 0.717) is 17.7 Å². The van der Waals surface area contributed by atoms with Crippen LogP contribution in [0, 0.1) is 18.6 Å². The molecule has 1 saturated heterocycles. The molecule has 186 valence electrons. The highest BCUT2D eigenvalue weighted by Crippen LogP contribution is 2.52. The van der Waals surface area contributed by atoms with Gasteiger partial charge >= 0.3 is 0 Å².